The van der Waals surface area contributed by atoms with E-state index in [0.717, 1.165) is 0 Å². The first-order chi connectivity index (χ1) is 9.77. The molecular formula is C13H8BrCl3O3S. The van der Waals surface area contributed by atoms with Gasteiger partial charge in [-0.05, 0) is 30.3 Å². The lowest BCUT2D eigenvalue weighted by Gasteiger charge is -2.11. The van der Waals surface area contributed by atoms with Gasteiger partial charge in [-0.3, -0.25) is 0 Å². The van der Waals surface area contributed by atoms with Crippen LogP contribution in [0.3, 0.4) is 0 Å². The molecule has 0 saturated carbocycles. The van der Waals surface area contributed by atoms with Crippen molar-refractivity contribution in [1.29, 1.82) is 0 Å². The summed E-state index contributed by atoms with van der Waals surface area (Å²) < 4.78 is 29.2. The molecule has 0 unspecified atom stereocenters. The quantitative estimate of drug-likeness (QED) is 0.621. The Morgan fingerprint density at radius 1 is 1.10 bits per heavy atom. The second kappa shape index (κ2) is 6.75. The number of hydrogen-bond donors (Lipinski definition) is 0. The first-order valence-corrected chi connectivity index (χ1v) is 9.44. The third-order valence-corrected chi connectivity index (χ3v) is 4.99. The first-order valence-electron chi connectivity index (χ1n) is 5.58. The average molecular weight is 431 g/mol. The zero-order valence-electron chi connectivity index (χ0n) is 10.3. The minimum absolute atomic E-state index is 0.0943. The SMILES string of the molecule is O=S(=O)(Cl)c1cc(Br)ccc1OCc1ccc(Cl)cc1Cl. The van der Waals surface area contributed by atoms with Crippen LogP contribution < -0.4 is 4.74 Å². The Morgan fingerprint density at radius 3 is 2.43 bits per heavy atom. The van der Waals surface area contributed by atoms with E-state index < -0.39 is 9.05 Å². The van der Waals surface area contributed by atoms with Gasteiger partial charge in [0.05, 0.1) is 0 Å². The monoisotopic (exact) mass is 428 g/mol. The molecule has 0 amide bonds. The Hall–Kier alpha value is -0.460. The van der Waals surface area contributed by atoms with Crippen molar-refractivity contribution in [2.24, 2.45) is 0 Å². The molecule has 2 rings (SSSR count). The lowest BCUT2D eigenvalue weighted by molar-refractivity contribution is 0.298. The number of hydrogen-bond acceptors (Lipinski definition) is 3. The summed E-state index contributed by atoms with van der Waals surface area (Å²) >= 11 is 15.0. The third kappa shape index (κ3) is 4.50. The maximum atomic E-state index is 11.5. The zero-order chi connectivity index (χ0) is 15.6. The van der Waals surface area contributed by atoms with Gasteiger partial charge in [-0.15, -0.1) is 0 Å². The summed E-state index contributed by atoms with van der Waals surface area (Å²) in [6, 6.07) is 9.52. The molecule has 0 bridgehead atoms. The van der Waals surface area contributed by atoms with Crippen molar-refractivity contribution in [1.82, 2.24) is 0 Å². The maximum Gasteiger partial charge on any atom is 0.265 e. The molecule has 0 N–H and O–H groups in total. The van der Waals surface area contributed by atoms with E-state index in [1.807, 2.05) is 0 Å². The average Bonchev–Trinajstić information content (AvgIpc) is 2.38. The summed E-state index contributed by atoms with van der Waals surface area (Å²) in [5.41, 5.74) is 0.682. The van der Waals surface area contributed by atoms with Gasteiger partial charge in [0.2, 0.25) is 0 Å². The van der Waals surface area contributed by atoms with Crippen molar-refractivity contribution in [3.8, 4) is 5.75 Å². The van der Waals surface area contributed by atoms with Crippen LogP contribution in [-0.2, 0) is 15.7 Å². The molecule has 0 radical (unpaired) electrons. The first kappa shape index (κ1) is 16.9. The smallest absolute Gasteiger partial charge is 0.265 e. The Bertz CT molecular complexity index is 778. The Labute approximate surface area is 145 Å². The zero-order valence-corrected chi connectivity index (χ0v) is 15.0. The lowest BCUT2D eigenvalue weighted by Crippen LogP contribution is -2.01. The molecule has 21 heavy (non-hydrogen) atoms. The van der Waals surface area contributed by atoms with E-state index >= 15 is 0 Å². The van der Waals surface area contributed by atoms with Crippen molar-refractivity contribution >= 4 is 58.9 Å². The summed E-state index contributed by atoms with van der Waals surface area (Å²) in [4.78, 5) is -0.108. The van der Waals surface area contributed by atoms with E-state index in [1.165, 1.54) is 12.1 Å². The molecule has 3 nitrogen and oxygen atoms in total. The summed E-state index contributed by atoms with van der Waals surface area (Å²) in [5.74, 6) is 0.152. The minimum atomic E-state index is -3.91. The third-order valence-electron chi connectivity index (χ3n) is 2.57. The van der Waals surface area contributed by atoms with Crippen LogP contribution in [0.15, 0.2) is 45.8 Å². The van der Waals surface area contributed by atoms with Crippen molar-refractivity contribution in [3.63, 3.8) is 0 Å². The van der Waals surface area contributed by atoms with E-state index in [9.17, 15) is 8.42 Å². The van der Waals surface area contributed by atoms with E-state index in [4.69, 9.17) is 38.6 Å². The molecule has 0 aliphatic carbocycles. The highest BCUT2D eigenvalue weighted by Crippen LogP contribution is 2.31. The molecule has 0 spiro atoms. The van der Waals surface area contributed by atoms with Crippen LogP contribution in [0.1, 0.15) is 5.56 Å². The predicted molar refractivity (Wildman–Crippen MR) is 88.0 cm³/mol. The summed E-state index contributed by atoms with van der Waals surface area (Å²) in [7, 11) is 1.48. The molecule has 0 atom stereocenters. The van der Waals surface area contributed by atoms with E-state index in [1.54, 1.807) is 24.3 Å². The normalized spacial score (nSPS) is 11.4. The lowest BCUT2D eigenvalue weighted by atomic mass is 10.2. The Kier molecular flexibility index (Phi) is 5.43. The predicted octanol–water partition coefficient (Wildman–Crippen LogP) is 5.26. The van der Waals surface area contributed by atoms with E-state index in [-0.39, 0.29) is 17.3 Å². The van der Waals surface area contributed by atoms with Crippen molar-refractivity contribution in [2.45, 2.75) is 11.5 Å². The molecule has 0 aliphatic rings. The van der Waals surface area contributed by atoms with Crippen LogP contribution in [0.2, 0.25) is 10.0 Å². The van der Waals surface area contributed by atoms with Crippen LogP contribution in [-0.4, -0.2) is 8.42 Å². The molecule has 0 heterocycles. The fourth-order valence-electron chi connectivity index (χ4n) is 1.59. The number of ether oxygens (including phenoxy) is 1. The van der Waals surface area contributed by atoms with Crippen molar-refractivity contribution in [3.05, 3.63) is 56.5 Å². The topological polar surface area (TPSA) is 43.4 Å². The molecule has 2 aromatic rings. The highest BCUT2D eigenvalue weighted by atomic mass is 79.9. The molecule has 0 fully saturated rings. The van der Waals surface area contributed by atoms with Crippen molar-refractivity contribution < 1.29 is 13.2 Å². The van der Waals surface area contributed by atoms with Crippen molar-refractivity contribution in [2.75, 3.05) is 0 Å². The molecule has 8 heteroatoms. The van der Waals surface area contributed by atoms with Gasteiger partial charge in [0.15, 0.2) is 0 Å². The molecule has 112 valence electrons. The van der Waals surface area contributed by atoms with Gasteiger partial charge in [0, 0.05) is 30.8 Å². The van der Waals surface area contributed by atoms with Gasteiger partial charge in [-0.25, -0.2) is 8.42 Å². The Morgan fingerprint density at radius 2 is 1.81 bits per heavy atom. The van der Waals surface area contributed by atoms with Crippen LogP contribution >= 0.6 is 49.8 Å². The summed E-state index contributed by atoms with van der Waals surface area (Å²) in [6.45, 7) is 0.0943. The summed E-state index contributed by atoms with van der Waals surface area (Å²) in [6.07, 6.45) is 0. The second-order valence-electron chi connectivity index (χ2n) is 4.05. The largest absolute Gasteiger partial charge is 0.487 e. The fourth-order valence-corrected chi connectivity index (χ4v) is 3.56. The van der Waals surface area contributed by atoms with Crippen LogP contribution in [0.4, 0.5) is 0 Å². The van der Waals surface area contributed by atoms with Crippen LogP contribution in [0, 0.1) is 0 Å². The van der Waals surface area contributed by atoms with Gasteiger partial charge < -0.3 is 4.74 Å². The summed E-state index contributed by atoms with van der Waals surface area (Å²) in [5, 5.41) is 0.950. The number of benzene rings is 2. The maximum absolute atomic E-state index is 11.5. The van der Waals surface area contributed by atoms with Crippen LogP contribution in [0.25, 0.3) is 0 Å². The second-order valence-corrected chi connectivity index (χ2v) is 8.35. The number of rotatable bonds is 4. The molecular weight excluding hydrogens is 422 g/mol. The molecule has 0 aliphatic heterocycles. The van der Waals surface area contributed by atoms with Gasteiger partial charge in [0.25, 0.3) is 9.05 Å². The van der Waals surface area contributed by atoms with Gasteiger partial charge >= 0.3 is 0 Å². The molecule has 2 aromatic carbocycles. The Balaban J connectivity index is 2.28. The highest BCUT2D eigenvalue weighted by Gasteiger charge is 2.18. The molecule has 0 aromatic heterocycles. The standard InChI is InChI=1S/C13H8BrCl3O3S/c14-9-2-4-12(13(5-9)21(17,18)19)20-7-8-1-3-10(15)6-11(8)16/h1-6H,7H2. The van der Waals surface area contributed by atoms with Gasteiger partial charge in [0.1, 0.15) is 17.3 Å². The van der Waals surface area contributed by atoms with E-state index in [2.05, 4.69) is 15.9 Å². The minimum Gasteiger partial charge on any atom is -0.487 e. The molecule has 0 saturated heterocycles. The van der Waals surface area contributed by atoms with E-state index in [0.29, 0.717) is 20.1 Å². The fraction of sp³-hybridized carbons (Fsp3) is 0.0769. The highest BCUT2D eigenvalue weighted by molar-refractivity contribution is 9.10. The number of halogens is 4. The van der Waals surface area contributed by atoms with Crippen LogP contribution in [0.5, 0.6) is 5.75 Å². The van der Waals surface area contributed by atoms with Gasteiger partial charge in [-0.2, -0.15) is 0 Å². The van der Waals surface area contributed by atoms with Gasteiger partial charge in [-0.1, -0.05) is 45.2 Å².